The van der Waals surface area contributed by atoms with Crippen molar-refractivity contribution in [3.05, 3.63) is 95.7 Å². The molecule has 5 aromatic rings. The first kappa shape index (κ1) is 26.4. The molecule has 42 heavy (non-hydrogen) atoms. The number of aromatic nitrogens is 2. The van der Waals surface area contributed by atoms with Crippen LogP contribution < -0.4 is 4.74 Å². The summed E-state index contributed by atoms with van der Waals surface area (Å²) in [6.07, 6.45) is -1.61. The third-order valence-corrected chi connectivity index (χ3v) is 6.83. The first-order valence-electron chi connectivity index (χ1n) is 12.7. The van der Waals surface area contributed by atoms with Crippen LogP contribution in [-0.2, 0) is 16.0 Å². The van der Waals surface area contributed by atoms with Crippen LogP contribution in [0.15, 0.2) is 79.0 Å². The number of ketones is 1. The van der Waals surface area contributed by atoms with Crippen molar-refractivity contribution in [3.63, 3.8) is 0 Å². The van der Waals surface area contributed by atoms with Gasteiger partial charge < -0.3 is 35.0 Å². The fourth-order valence-corrected chi connectivity index (χ4v) is 4.79. The van der Waals surface area contributed by atoms with Crippen LogP contribution in [0.4, 0.5) is 0 Å². The highest BCUT2D eigenvalue weighted by Crippen LogP contribution is 2.45. The summed E-state index contributed by atoms with van der Waals surface area (Å²) in [7, 11) is 0. The van der Waals surface area contributed by atoms with Gasteiger partial charge in [-0.3, -0.25) is 14.6 Å². The summed E-state index contributed by atoms with van der Waals surface area (Å²) in [4.78, 5) is 35.5. The summed E-state index contributed by atoms with van der Waals surface area (Å²) in [5.74, 6) is -4.99. The predicted molar refractivity (Wildman–Crippen MR) is 147 cm³/mol. The number of nitrogens with zero attached hydrogens (tertiary/aromatic N) is 2. The molecule has 0 aliphatic carbocycles. The lowest BCUT2D eigenvalue weighted by Crippen LogP contribution is -2.40. The number of carbonyl (C=O) groups excluding carboxylic acids is 2. The van der Waals surface area contributed by atoms with Gasteiger partial charge in [0.2, 0.25) is 11.9 Å². The number of benzene rings is 4. The molecule has 0 radical (unpaired) electrons. The Bertz CT molecular complexity index is 1850. The number of Topliss-reactive ketones (excluding diaryl/α,β-unsaturated/α-hetero) is 1. The van der Waals surface area contributed by atoms with E-state index in [1.54, 1.807) is 30.5 Å². The third-order valence-electron chi connectivity index (χ3n) is 6.83. The lowest BCUT2D eigenvalue weighted by atomic mass is 9.92. The number of esters is 1. The Labute approximate surface area is 237 Å². The molecule has 1 aromatic heterocycles. The Morgan fingerprint density at radius 2 is 1.55 bits per heavy atom. The van der Waals surface area contributed by atoms with E-state index in [1.165, 1.54) is 0 Å². The van der Waals surface area contributed by atoms with E-state index in [0.717, 1.165) is 40.9 Å². The quantitative estimate of drug-likeness (QED) is 0.151. The van der Waals surface area contributed by atoms with Gasteiger partial charge in [0.15, 0.2) is 23.4 Å². The van der Waals surface area contributed by atoms with Crippen LogP contribution in [-0.4, -0.2) is 53.4 Å². The highest BCUT2D eigenvalue weighted by atomic mass is 16.6. The number of aromatic hydroxyl groups is 5. The maximum atomic E-state index is 13.5. The van der Waals surface area contributed by atoms with E-state index in [4.69, 9.17) is 9.47 Å². The molecule has 210 valence electrons. The summed E-state index contributed by atoms with van der Waals surface area (Å²) in [5, 5.41) is 50.1. The van der Waals surface area contributed by atoms with Crippen LogP contribution in [0, 0.1) is 0 Å². The van der Waals surface area contributed by atoms with Gasteiger partial charge >= 0.3 is 5.97 Å². The number of hydrogen-bond donors (Lipinski definition) is 5. The van der Waals surface area contributed by atoms with E-state index in [2.05, 4.69) is 9.97 Å². The van der Waals surface area contributed by atoms with Crippen molar-refractivity contribution in [1.29, 1.82) is 0 Å². The molecule has 11 heteroatoms. The van der Waals surface area contributed by atoms with Crippen LogP contribution >= 0.6 is 0 Å². The maximum absolute atomic E-state index is 13.5. The van der Waals surface area contributed by atoms with E-state index in [9.17, 15) is 35.1 Å². The third kappa shape index (κ3) is 4.83. The normalized spacial score (nSPS) is 16.0. The molecule has 1 aliphatic rings. The molecule has 2 heterocycles. The zero-order chi connectivity index (χ0) is 29.5. The number of carbonyl (C=O) groups is 2. The van der Waals surface area contributed by atoms with Crippen molar-refractivity contribution in [2.24, 2.45) is 0 Å². The van der Waals surface area contributed by atoms with Gasteiger partial charge in [0.25, 0.3) is 0 Å². The molecule has 5 N–H and O–H groups in total. The molecule has 0 spiro atoms. The van der Waals surface area contributed by atoms with Crippen molar-refractivity contribution in [2.75, 3.05) is 0 Å². The fraction of sp³-hybridized carbons (Fsp3) is 0.0968. The molecular formula is C31H22N2O9. The van der Waals surface area contributed by atoms with Gasteiger partial charge in [0, 0.05) is 23.3 Å². The van der Waals surface area contributed by atoms with E-state index in [1.807, 2.05) is 24.3 Å². The molecule has 0 saturated heterocycles. The molecule has 0 saturated carbocycles. The molecule has 0 bridgehead atoms. The molecule has 1 aliphatic heterocycles. The van der Waals surface area contributed by atoms with Gasteiger partial charge in [-0.25, -0.2) is 4.98 Å². The van der Waals surface area contributed by atoms with Gasteiger partial charge in [0.05, 0.1) is 29.3 Å². The SMILES string of the molecule is O=C(Cc1ccc(-c2cnc3ccccc3n2)cc1)OC1C(=O)c2c(O)cc(O)cc2OC1c1cc(O)c(O)c(O)c1. The second kappa shape index (κ2) is 10.3. The highest BCUT2D eigenvalue weighted by Gasteiger charge is 2.43. The maximum Gasteiger partial charge on any atom is 0.311 e. The van der Waals surface area contributed by atoms with Crippen molar-refractivity contribution >= 4 is 22.8 Å². The standard InChI is InChI=1S/C31H22N2O9/c34-18-12-22(35)27-25(13-18)41-30(17-10-23(36)28(39)24(37)11-17)31(29(27)40)42-26(38)9-15-5-7-16(8-6-15)21-14-32-19-3-1-2-4-20(19)33-21/h1-8,10-14,30-31,34-37,39H,9H2. The smallest absolute Gasteiger partial charge is 0.311 e. The number of fused-ring (bicyclic) bond motifs is 2. The summed E-state index contributed by atoms with van der Waals surface area (Å²) in [6.45, 7) is 0. The Morgan fingerprint density at radius 3 is 2.26 bits per heavy atom. The van der Waals surface area contributed by atoms with Crippen molar-refractivity contribution in [2.45, 2.75) is 18.6 Å². The van der Waals surface area contributed by atoms with Crippen LogP contribution in [0.2, 0.25) is 0 Å². The molecule has 6 rings (SSSR count). The largest absolute Gasteiger partial charge is 0.508 e. The topological polar surface area (TPSA) is 180 Å². The van der Waals surface area contributed by atoms with Gasteiger partial charge in [-0.05, 0) is 29.8 Å². The Kier molecular flexibility index (Phi) is 6.46. The van der Waals surface area contributed by atoms with Crippen LogP contribution in [0.1, 0.15) is 27.6 Å². The first-order chi connectivity index (χ1) is 20.2. The van der Waals surface area contributed by atoms with Crippen LogP contribution in [0.25, 0.3) is 22.3 Å². The number of para-hydroxylation sites is 2. The first-order valence-corrected chi connectivity index (χ1v) is 12.7. The number of phenols is 5. The minimum atomic E-state index is -1.64. The average molecular weight is 567 g/mol. The second-order valence-corrected chi connectivity index (χ2v) is 9.68. The summed E-state index contributed by atoms with van der Waals surface area (Å²) >= 11 is 0. The van der Waals surface area contributed by atoms with Gasteiger partial charge in [-0.15, -0.1) is 0 Å². The second-order valence-electron chi connectivity index (χ2n) is 9.68. The summed E-state index contributed by atoms with van der Waals surface area (Å²) in [5.41, 5.74) is 3.20. The van der Waals surface area contributed by atoms with E-state index < -0.39 is 47.0 Å². The fourth-order valence-electron chi connectivity index (χ4n) is 4.79. The zero-order valence-electron chi connectivity index (χ0n) is 21.6. The monoisotopic (exact) mass is 566 g/mol. The Balaban J connectivity index is 1.26. The minimum Gasteiger partial charge on any atom is -0.508 e. The molecule has 2 unspecified atom stereocenters. The molecular weight excluding hydrogens is 544 g/mol. The Hall–Kier alpha value is -5.84. The molecule has 0 amide bonds. The summed E-state index contributed by atoms with van der Waals surface area (Å²) < 4.78 is 11.4. The lowest BCUT2D eigenvalue weighted by molar-refractivity contribution is -0.150. The molecule has 4 aromatic carbocycles. The number of rotatable bonds is 5. The molecule has 11 nitrogen and oxygen atoms in total. The highest BCUT2D eigenvalue weighted by molar-refractivity contribution is 6.06. The van der Waals surface area contributed by atoms with Crippen molar-refractivity contribution in [3.8, 4) is 45.8 Å². The van der Waals surface area contributed by atoms with Crippen molar-refractivity contribution < 1.29 is 44.6 Å². The number of ether oxygens (including phenoxy) is 2. The van der Waals surface area contributed by atoms with E-state index in [-0.39, 0.29) is 29.0 Å². The predicted octanol–water partition coefficient (Wildman–Crippen LogP) is 4.30. The van der Waals surface area contributed by atoms with Crippen LogP contribution in [0.5, 0.6) is 34.5 Å². The van der Waals surface area contributed by atoms with E-state index in [0.29, 0.717) is 11.3 Å². The van der Waals surface area contributed by atoms with Gasteiger partial charge in [-0.2, -0.15) is 0 Å². The van der Waals surface area contributed by atoms with E-state index >= 15 is 0 Å². The molecule has 2 atom stereocenters. The Morgan fingerprint density at radius 1 is 0.857 bits per heavy atom. The summed E-state index contributed by atoms with van der Waals surface area (Å²) in [6, 6.07) is 18.6. The molecule has 0 fully saturated rings. The average Bonchev–Trinajstić information content (AvgIpc) is 2.96. The van der Waals surface area contributed by atoms with Gasteiger partial charge in [-0.1, -0.05) is 36.4 Å². The van der Waals surface area contributed by atoms with Crippen LogP contribution in [0.3, 0.4) is 0 Å². The number of phenolic OH excluding ortho intramolecular Hbond substituents is 5. The van der Waals surface area contributed by atoms with Crippen molar-refractivity contribution in [1.82, 2.24) is 9.97 Å². The number of hydrogen-bond acceptors (Lipinski definition) is 11. The zero-order valence-corrected chi connectivity index (χ0v) is 21.6. The lowest BCUT2D eigenvalue weighted by Gasteiger charge is -2.32. The van der Waals surface area contributed by atoms with Gasteiger partial charge in [0.1, 0.15) is 22.8 Å². The minimum absolute atomic E-state index is 0.0109.